The molecule has 1 aromatic heterocycles. The van der Waals surface area contributed by atoms with Crippen LogP contribution in [0, 0.1) is 13.8 Å². The molecule has 0 spiro atoms. The molecule has 21 heavy (non-hydrogen) atoms. The minimum Gasteiger partial charge on any atom is -0.497 e. The first kappa shape index (κ1) is 15.1. The number of rotatable bonds is 6. The Bertz CT molecular complexity index is 597. The zero-order valence-electron chi connectivity index (χ0n) is 12.9. The second-order valence-corrected chi connectivity index (χ2v) is 4.75. The second-order valence-electron chi connectivity index (χ2n) is 4.75. The Morgan fingerprint density at radius 2 is 1.71 bits per heavy atom. The number of aryl methyl sites for hydroxylation is 1. The lowest BCUT2D eigenvalue weighted by molar-refractivity contribution is 0.412. The molecule has 2 aromatic rings. The Balaban J connectivity index is 2.23. The number of ether oxygens (including phenoxy) is 2. The molecule has 0 amide bonds. The van der Waals surface area contributed by atoms with Crippen molar-refractivity contribution in [3.05, 3.63) is 35.7 Å². The minimum absolute atomic E-state index is 0.575. The van der Waals surface area contributed by atoms with E-state index in [1.54, 1.807) is 7.11 Å². The van der Waals surface area contributed by atoms with Gasteiger partial charge in [0, 0.05) is 6.54 Å². The molecule has 0 aliphatic rings. The van der Waals surface area contributed by atoms with E-state index in [4.69, 9.17) is 9.47 Å². The predicted molar refractivity (Wildman–Crippen MR) is 83.4 cm³/mol. The van der Waals surface area contributed by atoms with Gasteiger partial charge in [0.1, 0.15) is 23.1 Å². The zero-order valence-corrected chi connectivity index (χ0v) is 12.9. The van der Waals surface area contributed by atoms with Gasteiger partial charge < -0.3 is 14.8 Å². The number of nitrogens with zero attached hydrogens (tertiary/aromatic N) is 2. The molecule has 1 N–H and O–H groups in total. The van der Waals surface area contributed by atoms with E-state index < -0.39 is 0 Å². The molecule has 0 saturated carbocycles. The van der Waals surface area contributed by atoms with E-state index in [1.807, 2.05) is 38.1 Å². The van der Waals surface area contributed by atoms with Crippen LogP contribution in [0.4, 0.5) is 5.82 Å². The molecule has 0 aliphatic heterocycles. The van der Waals surface area contributed by atoms with Crippen molar-refractivity contribution in [1.29, 1.82) is 0 Å². The fourth-order valence-corrected chi connectivity index (χ4v) is 1.87. The summed E-state index contributed by atoms with van der Waals surface area (Å²) in [6.07, 6.45) is 1.04. The maximum Gasteiger partial charge on any atom is 0.227 e. The maximum atomic E-state index is 5.86. The molecular formula is C16H21N3O2. The normalized spacial score (nSPS) is 10.3. The van der Waals surface area contributed by atoms with Gasteiger partial charge in [-0.2, -0.15) is 4.98 Å². The third-order valence-electron chi connectivity index (χ3n) is 3.03. The minimum atomic E-state index is 0.575. The molecule has 0 unspecified atom stereocenters. The van der Waals surface area contributed by atoms with Gasteiger partial charge in [0.2, 0.25) is 5.88 Å². The van der Waals surface area contributed by atoms with Gasteiger partial charge in [0.25, 0.3) is 0 Å². The Kier molecular flexibility index (Phi) is 4.98. The molecular weight excluding hydrogens is 266 g/mol. The summed E-state index contributed by atoms with van der Waals surface area (Å²) < 4.78 is 11.0. The number of benzene rings is 1. The fourth-order valence-electron chi connectivity index (χ4n) is 1.87. The van der Waals surface area contributed by atoms with E-state index in [9.17, 15) is 0 Å². The summed E-state index contributed by atoms with van der Waals surface area (Å²) in [4.78, 5) is 8.79. The van der Waals surface area contributed by atoms with Crippen molar-refractivity contribution in [1.82, 2.24) is 9.97 Å². The standard InChI is InChI=1S/C16H21N3O2/c1-5-10-17-15-11(2)16(19-12(3)18-15)21-14-8-6-13(20-4)7-9-14/h6-9H,5,10H2,1-4H3,(H,17,18,19). The lowest BCUT2D eigenvalue weighted by atomic mass is 10.3. The highest BCUT2D eigenvalue weighted by Crippen LogP contribution is 2.28. The van der Waals surface area contributed by atoms with Gasteiger partial charge in [-0.15, -0.1) is 0 Å². The number of aromatic nitrogens is 2. The molecule has 0 saturated heterocycles. The van der Waals surface area contributed by atoms with Crippen molar-refractivity contribution in [3.63, 3.8) is 0 Å². The first-order valence-electron chi connectivity index (χ1n) is 7.05. The van der Waals surface area contributed by atoms with Gasteiger partial charge in [0.05, 0.1) is 12.7 Å². The number of nitrogens with one attached hydrogen (secondary N) is 1. The lowest BCUT2D eigenvalue weighted by Crippen LogP contribution is -2.07. The van der Waals surface area contributed by atoms with Crippen LogP contribution >= 0.6 is 0 Å². The van der Waals surface area contributed by atoms with E-state index in [0.717, 1.165) is 35.8 Å². The molecule has 1 aromatic carbocycles. The number of hydrogen-bond acceptors (Lipinski definition) is 5. The van der Waals surface area contributed by atoms with Crippen molar-refractivity contribution in [2.24, 2.45) is 0 Å². The molecule has 5 heteroatoms. The van der Waals surface area contributed by atoms with Crippen LogP contribution in [0.3, 0.4) is 0 Å². The van der Waals surface area contributed by atoms with Crippen LogP contribution in [-0.2, 0) is 0 Å². The molecule has 2 rings (SSSR count). The van der Waals surface area contributed by atoms with Crippen molar-refractivity contribution in [2.45, 2.75) is 27.2 Å². The van der Waals surface area contributed by atoms with E-state index in [0.29, 0.717) is 11.7 Å². The monoisotopic (exact) mass is 287 g/mol. The lowest BCUT2D eigenvalue weighted by Gasteiger charge is -2.13. The van der Waals surface area contributed by atoms with Gasteiger partial charge in [0.15, 0.2) is 0 Å². The van der Waals surface area contributed by atoms with Crippen molar-refractivity contribution >= 4 is 5.82 Å². The smallest absolute Gasteiger partial charge is 0.227 e. The third-order valence-corrected chi connectivity index (χ3v) is 3.03. The average molecular weight is 287 g/mol. The Labute approximate surface area is 125 Å². The maximum absolute atomic E-state index is 5.86. The molecule has 112 valence electrons. The largest absolute Gasteiger partial charge is 0.497 e. The van der Waals surface area contributed by atoms with Crippen LogP contribution in [0.2, 0.25) is 0 Å². The Hall–Kier alpha value is -2.30. The summed E-state index contributed by atoms with van der Waals surface area (Å²) in [7, 11) is 1.64. The number of hydrogen-bond donors (Lipinski definition) is 1. The Morgan fingerprint density at radius 3 is 2.33 bits per heavy atom. The van der Waals surface area contributed by atoms with Gasteiger partial charge in [-0.25, -0.2) is 4.98 Å². The van der Waals surface area contributed by atoms with Crippen LogP contribution in [0.5, 0.6) is 17.4 Å². The SMILES string of the molecule is CCCNc1nc(C)nc(Oc2ccc(OC)cc2)c1C. The van der Waals surface area contributed by atoms with Crippen LogP contribution < -0.4 is 14.8 Å². The van der Waals surface area contributed by atoms with Crippen LogP contribution in [-0.4, -0.2) is 23.6 Å². The molecule has 5 nitrogen and oxygen atoms in total. The quantitative estimate of drug-likeness (QED) is 0.877. The second kappa shape index (κ2) is 6.92. The summed E-state index contributed by atoms with van der Waals surface area (Å²) in [5, 5.41) is 3.30. The van der Waals surface area contributed by atoms with Crippen LogP contribution in [0.25, 0.3) is 0 Å². The van der Waals surface area contributed by atoms with E-state index in [1.165, 1.54) is 0 Å². The van der Waals surface area contributed by atoms with E-state index in [-0.39, 0.29) is 0 Å². The first-order valence-corrected chi connectivity index (χ1v) is 7.05. The molecule has 1 heterocycles. The third kappa shape index (κ3) is 3.84. The van der Waals surface area contributed by atoms with Crippen molar-refractivity contribution in [2.75, 3.05) is 19.0 Å². The summed E-state index contributed by atoms with van der Waals surface area (Å²) in [5.74, 6) is 3.60. The van der Waals surface area contributed by atoms with Crippen molar-refractivity contribution in [3.8, 4) is 17.4 Å². The molecule has 0 bridgehead atoms. The van der Waals surface area contributed by atoms with Gasteiger partial charge in [-0.05, 0) is 44.5 Å². The highest BCUT2D eigenvalue weighted by Gasteiger charge is 2.11. The topological polar surface area (TPSA) is 56.3 Å². The van der Waals surface area contributed by atoms with Crippen LogP contribution in [0.15, 0.2) is 24.3 Å². The Morgan fingerprint density at radius 1 is 1.05 bits per heavy atom. The summed E-state index contributed by atoms with van der Waals surface area (Å²) in [5.41, 5.74) is 0.907. The van der Waals surface area contributed by atoms with Gasteiger partial charge in [-0.1, -0.05) is 6.92 Å². The highest BCUT2D eigenvalue weighted by atomic mass is 16.5. The number of methoxy groups -OCH3 is 1. The summed E-state index contributed by atoms with van der Waals surface area (Å²) >= 11 is 0. The summed E-state index contributed by atoms with van der Waals surface area (Å²) in [6, 6.07) is 7.42. The van der Waals surface area contributed by atoms with Crippen molar-refractivity contribution < 1.29 is 9.47 Å². The predicted octanol–water partition coefficient (Wildman–Crippen LogP) is 3.72. The first-order chi connectivity index (χ1) is 10.1. The van der Waals surface area contributed by atoms with E-state index >= 15 is 0 Å². The summed E-state index contributed by atoms with van der Waals surface area (Å²) in [6.45, 7) is 6.80. The van der Waals surface area contributed by atoms with Gasteiger partial charge in [-0.3, -0.25) is 0 Å². The molecule has 0 radical (unpaired) electrons. The molecule has 0 atom stereocenters. The van der Waals surface area contributed by atoms with E-state index in [2.05, 4.69) is 22.2 Å². The highest BCUT2D eigenvalue weighted by molar-refractivity contribution is 5.49. The average Bonchev–Trinajstić information content (AvgIpc) is 2.50. The number of anilines is 1. The fraction of sp³-hybridized carbons (Fsp3) is 0.375. The van der Waals surface area contributed by atoms with Crippen LogP contribution in [0.1, 0.15) is 24.7 Å². The zero-order chi connectivity index (χ0) is 15.2. The molecule has 0 fully saturated rings. The molecule has 0 aliphatic carbocycles. The van der Waals surface area contributed by atoms with Gasteiger partial charge >= 0.3 is 0 Å².